The molecule has 0 heterocycles. The van der Waals surface area contributed by atoms with Gasteiger partial charge in [-0.1, -0.05) is 45.4 Å². The number of carbonyl (C=O) groups excluding carboxylic acids is 1. The van der Waals surface area contributed by atoms with Crippen molar-refractivity contribution < 1.29 is 9.53 Å². The minimum atomic E-state index is -0.336. The molecule has 122 valence electrons. The fourth-order valence-corrected chi connectivity index (χ4v) is 2.14. The Morgan fingerprint density at radius 3 is 2.09 bits per heavy atom. The van der Waals surface area contributed by atoms with Gasteiger partial charge in [0.2, 0.25) is 0 Å². The van der Waals surface area contributed by atoms with E-state index in [9.17, 15) is 4.79 Å². The molecule has 1 aromatic rings. The molecule has 0 spiro atoms. The summed E-state index contributed by atoms with van der Waals surface area (Å²) in [6.07, 6.45) is 4.83. The first-order valence-electron chi connectivity index (χ1n) is 8.25. The maximum atomic E-state index is 11.4. The molecule has 1 aromatic carbocycles. The number of hydrogen-bond donors (Lipinski definition) is 0. The second-order valence-electron chi connectivity index (χ2n) is 5.72. The molecule has 0 aliphatic carbocycles. The van der Waals surface area contributed by atoms with E-state index in [2.05, 4.69) is 37.5 Å². The molecule has 0 N–H and O–H groups in total. The Morgan fingerprint density at radius 1 is 1.09 bits per heavy atom. The standard InChI is InChI=1S/C19H29NO2/c1-5-7-13-20(14-8-6-2)18-11-9-17(10-12-18)15-22-19(21)16(3)4/h9-12H,3,5-8,13-15H2,1-2,4H3. The lowest BCUT2D eigenvalue weighted by molar-refractivity contribution is -0.140. The lowest BCUT2D eigenvalue weighted by Crippen LogP contribution is -2.25. The quantitative estimate of drug-likeness (QED) is 0.463. The number of ether oxygens (including phenoxy) is 1. The molecule has 0 aliphatic heterocycles. The maximum Gasteiger partial charge on any atom is 0.333 e. The number of rotatable bonds is 10. The molecule has 22 heavy (non-hydrogen) atoms. The van der Waals surface area contributed by atoms with Gasteiger partial charge in [0.25, 0.3) is 0 Å². The van der Waals surface area contributed by atoms with Crippen LogP contribution in [0, 0.1) is 0 Å². The number of hydrogen-bond acceptors (Lipinski definition) is 3. The van der Waals surface area contributed by atoms with Crippen molar-refractivity contribution in [3.8, 4) is 0 Å². The van der Waals surface area contributed by atoms with Crippen molar-refractivity contribution >= 4 is 11.7 Å². The molecular formula is C19H29NO2. The Bertz CT molecular complexity index is 457. The molecule has 0 unspecified atom stereocenters. The summed E-state index contributed by atoms with van der Waals surface area (Å²) < 4.78 is 5.17. The van der Waals surface area contributed by atoms with E-state index in [-0.39, 0.29) is 5.97 Å². The van der Waals surface area contributed by atoms with Gasteiger partial charge in [-0.3, -0.25) is 0 Å². The molecule has 0 radical (unpaired) electrons. The lowest BCUT2D eigenvalue weighted by atomic mass is 10.2. The molecule has 3 nitrogen and oxygen atoms in total. The van der Waals surface area contributed by atoms with Gasteiger partial charge in [0.05, 0.1) is 0 Å². The molecule has 0 saturated heterocycles. The largest absolute Gasteiger partial charge is 0.457 e. The average molecular weight is 303 g/mol. The zero-order valence-corrected chi connectivity index (χ0v) is 14.2. The van der Waals surface area contributed by atoms with E-state index in [1.807, 2.05) is 12.1 Å². The Kier molecular flexibility index (Phi) is 8.34. The van der Waals surface area contributed by atoms with E-state index < -0.39 is 0 Å². The zero-order chi connectivity index (χ0) is 16.4. The smallest absolute Gasteiger partial charge is 0.333 e. The third-order valence-corrected chi connectivity index (χ3v) is 3.58. The van der Waals surface area contributed by atoms with Crippen LogP contribution in [0.15, 0.2) is 36.4 Å². The number of nitrogens with zero attached hydrogens (tertiary/aromatic N) is 1. The van der Waals surface area contributed by atoms with Crippen molar-refractivity contribution in [3.63, 3.8) is 0 Å². The minimum Gasteiger partial charge on any atom is -0.457 e. The molecule has 1 rings (SSSR count). The van der Waals surface area contributed by atoms with Crippen molar-refractivity contribution in [2.24, 2.45) is 0 Å². The van der Waals surface area contributed by atoms with Crippen molar-refractivity contribution in [2.75, 3.05) is 18.0 Å². The van der Waals surface area contributed by atoms with E-state index in [0.717, 1.165) is 18.7 Å². The predicted molar refractivity (Wildman–Crippen MR) is 93.1 cm³/mol. The maximum absolute atomic E-state index is 11.4. The van der Waals surface area contributed by atoms with Gasteiger partial charge in [0.1, 0.15) is 6.61 Å². The highest BCUT2D eigenvalue weighted by Crippen LogP contribution is 2.17. The van der Waals surface area contributed by atoms with E-state index in [0.29, 0.717) is 12.2 Å². The second-order valence-corrected chi connectivity index (χ2v) is 5.72. The number of carbonyl (C=O) groups is 1. The first-order valence-corrected chi connectivity index (χ1v) is 8.25. The van der Waals surface area contributed by atoms with Crippen LogP contribution < -0.4 is 4.90 Å². The fourth-order valence-electron chi connectivity index (χ4n) is 2.14. The van der Waals surface area contributed by atoms with Crippen LogP contribution >= 0.6 is 0 Å². The summed E-state index contributed by atoms with van der Waals surface area (Å²) in [7, 11) is 0. The highest BCUT2D eigenvalue weighted by molar-refractivity contribution is 5.86. The topological polar surface area (TPSA) is 29.5 Å². The number of benzene rings is 1. The van der Waals surface area contributed by atoms with Gasteiger partial charge < -0.3 is 9.64 Å². The van der Waals surface area contributed by atoms with E-state index >= 15 is 0 Å². The van der Waals surface area contributed by atoms with Crippen LogP contribution in [0.1, 0.15) is 52.0 Å². The molecule has 3 heteroatoms. The van der Waals surface area contributed by atoms with Gasteiger partial charge in [0, 0.05) is 24.4 Å². The van der Waals surface area contributed by atoms with Crippen molar-refractivity contribution in [2.45, 2.75) is 53.1 Å². The third-order valence-electron chi connectivity index (χ3n) is 3.58. The van der Waals surface area contributed by atoms with Crippen LogP contribution in [-0.2, 0) is 16.1 Å². The zero-order valence-electron chi connectivity index (χ0n) is 14.2. The number of unbranched alkanes of at least 4 members (excludes halogenated alkanes) is 2. The second kappa shape index (κ2) is 10.0. The number of esters is 1. The molecule has 0 bridgehead atoms. The molecule has 0 amide bonds. The summed E-state index contributed by atoms with van der Waals surface area (Å²) >= 11 is 0. The average Bonchev–Trinajstić information content (AvgIpc) is 2.53. The molecular weight excluding hydrogens is 274 g/mol. The Hall–Kier alpha value is -1.77. The van der Waals surface area contributed by atoms with Crippen LogP contribution in [0.5, 0.6) is 0 Å². The van der Waals surface area contributed by atoms with Crippen molar-refractivity contribution in [1.82, 2.24) is 0 Å². The fraction of sp³-hybridized carbons (Fsp3) is 0.526. The van der Waals surface area contributed by atoms with Crippen molar-refractivity contribution in [1.29, 1.82) is 0 Å². The van der Waals surface area contributed by atoms with Gasteiger partial charge in [-0.05, 0) is 37.5 Å². The summed E-state index contributed by atoms with van der Waals surface area (Å²) in [5, 5.41) is 0. The highest BCUT2D eigenvalue weighted by Gasteiger charge is 2.07. The molecule has 0 aromatic heterocycles. The molecule has 0 atom stereocenters. The van der Waals surface area contributed by atoms with E-state index in [1.54, 1.807) is 6.92 Å². The molecule has 0 saturated carbocycles. The summed E-state index contributed by atoms with van der Waals surface area (Å²) in [5.74, 6) is -0.336. The van der Waals surface area contributed by atoms with Crippen LogP contribution in [0.4, 0.5) is 5.69 Å². The van der Waals surface area contributed by atoms with E-state index in [4.69, 9.17) is 4.74 Å². The van der Waals surface area contributed by atoms with Crippen LogP contribution in [0.3, 0.4) is 0 Å². The first-order chi connectivity index (χ1) is 10.6. The summed E-state index contributed by atoms with van der Waals surface area (Å²) in [6, 6.07) is 8.31. The SMILES string of the molecule is C=C(C)C(=O)OCc1ccc(N(CCCC)CCCC)cc1. The van der Waals surface area contributed by atoms with E-state index in [1.165, 1.54) is 31.4 Å². The van der Waals surface area contributed by atoms with Gasteiger partial charge in [-0.25, -0.2) is 4.79 Å². The lowest BCUT2D eigenvalue weighted by Gasteiger charge is -2.25. The summed E-state index contributed by atoms with van der Waals surface area (Å²) in [4.78, 5) is 13.8. The van der Waals surface area contributed by atoms with Gasteiger partial charge >= 0.3 is 5.97 Å². The Labute approximate surface area is 135 Å². The number of anilines is 1. The highest BCUT2D eigenvalue weighted by atomic mass is 16.5. The van der Waals surface area contributed by atoms with Gasteiger partial charge in [0.15, 0.2) is 0 Å². The van der Waals surface area contributed by atoms with Crippen LogP contribution in [-0.4, -0.2) is 19.1 Å². The molecule has 0 fully saturated rings. The van der Waals surface area contributed by atoms with Gasteiger partial charge in [-0.2, -0.15) is 0 Å². The van der Waals surface area contributed by atoms with Crippen LogP contribution in [0.2, 0.25) is 0 Å². The molecule has 0 aliphatic rings. The normalized spacial score (nSPS) is 10.3. The Balaban J connectivity index is 2.63. The minimum absolute atomic E-state index is 0.301. The first kappa shape index (κ1) is 18.3. The predicted octanol–water partition coefficient (Wildman–Crippen LogP) is 4.71. The summed E-state index contributed by atoms with van der Waals surface area (Å²) in [5.41, 5.74) is 2.68. The van der Waals surface area contributed by atoms with Gasteiger partial charge in [-0.15, -0.1) is 0 Å². The Morgan fingerprint density at radius 2 is 1.64 bits per heavy atom. The summed E-state index contributed by atoms with van der Waals surface area (Å²) in [6.45, 7) is 12.2. The van der Waals surface area contributed by atoms with Crippen molar-refractivity contribution in [3.05, 3.63) is 42.0 Å². The van der Waals surface area contributed by atoms with Crippen LogP contribution in [0.25, 0.3) is 0 Å². The third kappa shape index (κ3) is 6.33. The monoisotopic (exact) mass is 303 g/mol.